The molecule has 40 nitrogen and oxygen atoms in total. The van der Waals surface area contributed by atoms with Crippen LogP contribution in [0.4, 0.5) is 0 Å². The Kier molecular flexibility index (Phi) is 37.4. The molecule has 22 atom stereocenters. The summed E-state index contributed by atoms with van der Waals surface area (Å²) in [4.78, 5) is 172. The number of amides is 12. The lowest BCUT2D eigenvalue weighted by molar-refractivity contribution is -0.367. The van der Waals surface area contributed by atoms with Gasteiger partial charge in [-0.2, -0.15) is 0 Å². The zero-order valence-electron chi connectivity index (χ0n) is 65.8. The molecule has 6 aliphatic rings. The number of carbonyl (C=O) groups is 13. The molecule has 640 valence electrons. The summed E-state index contributed by atoms with van der Waals surface area (Å²) in [7, 11) is 3.28. The summed E-state index contributed by atoms with van der Waals surface area (Å²) < 4.78 is 49.1. The molecule has 0 saturated carbocycles. The van der Waals surface area contributed by atoms with E-state index in [0.29, 0.717) is 44.5 Å². The van der Waals surface area contributed by atoms with Crippen molar-refractivity contribution < 1.29 is 141 Å². The molecule has 0 spiro atoms. The molecule has 0 aromatic rings. The van der Waals surface area contributed by atoms with E-state index < -0.39 is 223 Å². The Morgan fingerprint density at radius 3 is 1.55 bits per heavy atom. The quantitative estimate of drug-likeness (QED) is 0.0200. The molecule has 113 heavy (non-hydrogen) atoms. The van der Waals surface area contributed by atoms with E-state index in [9.17, 15) is 103 Å². The number of Topliss-reactive ketones (excluding diaryl/α,β-unsaturated/α-hetero) is 1. The molecule has 6 heterocycles. The summed E-state index contributed by atoms with van der Waals surface area (Å²) in [6.07, 6.45) is -30.2. The average Bonchev–Trinajstić information content (AvgIpc) is 1.65. The number of ether oxygens (including phenoxy) is 8. The van der Waals surface area contributed by atoms with Crippen LogP contribution in [0.1, 0.15) is 133 Å². The van der Waals surface area contributed by atoms with Crippen LogP contribution >= 0.6 is 11.8 Å². The molecule has 0 aromatic carbocycles. The monoisotopic (exact) mass is 1630 g/mol. The van der Waals surface area contributed by atoms with Gasteiger partial charge in [-0.05, 0) is 84.6 Å². The first-order valence-electron chi connectivity index (χ1n) is 38.1. The molecule has 6 aliphatic heterocycles. The van der Waals surface area contributed by atoms with Crippen molar-refractivity contribution in [2.24, 2.45) is 5.41 Å². The maximum Gasteiger partial charge on any atom is 0.253 e. The van der Waals surface area contributed by atoms with Gasteiger partial charge in [0.25, 0.3) is 23.6 Å². The summed E-state index contributed by atoms with van der Waals surface area (Å²) in [6, 6.07) is -4.04. The number of aliphatic hydroxyl groups is 8. The highest BCUT2D eigenvalue weighted by atomic mass is 32.2. The lowest BCUT2D eigenvalue weighted by atomic mass is 9.78. The van der Waals surface area contributed by atoms with E-state index >= 15 is 0 Å². The van der Waals surface area contributed by atoms with Crippen molar-refractivity contribution in [3.63, 3.8) is 0 Å². The first-order chi connectivity index (χ1) is 53.2. The molecular formula is C72H117N11O29S. The van der Waals surface area contributed by atoms with Gasteiger partial charge in [0, 0.05) is 111 Å². The lowest BCUT2D eigenvalue weighted by Crippen LogP contribution is -2.71. The molecule has 41 heteroatoms. The Hall–Kier alpha value is -6.88. The molecule has 0 aromatic heterocycles. The third kappa shape index (κ3) is 27.4. The van der Waals surface area contributed by atoms with Crippen LogP contribution in [0.5, 0.6) is 0 Å². The van der Waals surface area contributed by atoms with Gasteiger partial charge in [-0.1, -0.05) is 27.2 Å². The van der Waals surface area contributed by atoms with Crippen molar-refractivity contribution in [3.05, 3.63) is 12.2 Å². The fraction of sp³-hybridized carbons (Fsp3) is 0.792. The van der Waals surface area contributed by atoms with Gasteiger partial charge in [-0.15, -0.1) is 11.8 Å². The predicted octanol–water partition coefficient (Wildman–Crippen LogP) is -6.62. The fourth-order valence-corrected chi connectivity index (χ4v) is 14.7. The first kappa shape index (κ1) is 95.0. The van der Waals surface area contributed by atoms with Gasteiger partial charge in [0.15, 0.2) is 31.1 Å². The van der Waals surface area contributed by atoms with Gasteiger partial charge >= 0.3 is 0 Å². The van der Waals surface area contributed by atoms with Gasteiger partial charge in [0.1, 0.15) is 91.1 Å². The molecule has 21 unspecified atom stereocenters. The maximum absolute atomic E-state index is 14.6. The molecule has 0 radical (unpaired) electrons. The predicted molar refractivity (Wildman–Crippen MR) is 395 cm³/mol. The topological polar surface area (TPSA) is 564 Å². The number of unbranched alkanes of at least 4 members (excludes halogenated alkanes) is 2. The summed E-state index contributed by atoms with van der Waals surface area (Å²) in [5, 5.41) is 113. The van der Waals surface area contributed by atoms with Crippen molar-refractivity contribution in [3.8, 4) is 0 Å². The molecular weight excluding hydrogens is 1510 g/mol. The van der Waals surface area contributed by atoms with Crippen LogP contribution in [-0.2, 0) is 100 Å². The molecule has 6 rings (SSSR count). The standard InChI is InChI=1S/C72H117N11O29S/c1-36(86)32-39(64(101)76-26-15-23-73-10)81(11)45(91)18-13-12-14-31-113-42-33-48(94)83(67(42)104)30-22-44(90)75-25-17-28-78-66(103)62-60(112-72(7,8)9)54(98)56(100)70(111-62)108-58-50(80-38(3)88)68(106-41(35-85)52(58)96)109-59-53(97)55(99)69(107-57-49(79-37(2)87)63(71(4,5)6)105-40(34-84)51(57)95)110-61(59)65(102)77-27-16-24-74-43(89)21-29-82-46(92)19-20-47(82)93/h19-20,39-42,49-63,68-70,73,84-85,95-100H,12-18,21-35H2,1-11H3,(H,74,89)(H,75,90)(H,76,101)(H,77,102)(H,78,103)(H,79,87)(H,80,88)/t39-,40?,41?,42?,49?,50?,51?,52?,53?,54?,55?,56?,57?,58?,59?,60?,61?,62?,63?,68?,69?,70?/m0/s1. The minimum Gasteiger partial charge on any atom is -0.394 e. The van der Waals surface area contributed by atoms with E-state index in [1.807, 2.05) is 0 Å². The highest BCUT2D eigenvalue weighted by Crippen LogP contribution is 2.39. The summed E-state index contributed by atoms with van der Waals surface area (Å²) in [5.74, 6) is -7.13. The Bertz CT molecular complexity index is 3280. The van der Waals surface area contributed by atoms with Crippen molar-refractivity contribution in [2.45, 2.75) is 272 Å². The van der Waals surface area contributed by atoms with Crippen LogP contribution in [0.3, 0.4) is 0 Å². The number of aliphatic hydroxyl groups excluding tert-OH is 8. The molecule has 16 N–H and O–H groups in total. The zero-order valence-corrected chi connectivity index (χ0v) is 66.6. The zero-order chi connectivity index (χ0) is 83.9. The van der Waals surface area contributed by atoms with Crippen LogP contribution in [0.2, 0.25) is 0 Å². The maximum atomic E-state index is 14.6. The second kappa shape index (κ2) is 44.4. The number of nitrogens with one attached hydrogen (secondary N) is 8. The Labute approximate surface area is 659 Å². The smallest absolute Gasteiger partial charge is 0.253 e. The molecule has 0 aliphatic carbocycles. The van der Waals surface area contributed by atoms with Crippen LogP contribution in [0.25, 0.3) is 0 Å². The number of rotatable bonds is 42. The SMILES string of the molecule is CNCCCNC(=O)[C@H](CC(C)=O)N(C)C(=O)CCCCCSC1CC(=O)N(CCC(=O)NCCCNC(=O)C2OC(OC3C(O)C(CO)OC(OC4C(C(=O)NCCCNC(=O)CCN5C(=O)C=CC5=O)OC(OC5C(O)C(CO)OC(C(C)(C)C)C5NC(C)=O)C(O)C4O)C3NC(C)=O)C(O)C(O)C2OC(C)(C)C)C1=O. The van der Waals surface area contributed by atoms with Crippen LogP contribution in [-0.4, -0.2) is 357 Å². The Balaban J connectivity index is 1.09. The van der Waals surface area contributed by atoms with Crippen molar-refractivity contribution in [2.75, 3.05) is 85.4 Å². The minimum absolute atomic E-state index is 0.0159. The van der Waals surface area contributed by atoms with Gasteiger partial charge in [-0.25, -0.2) is 0 Å². The number of likely N-dealkylation sites (tertiary alicyclic amines) is 1. The minimum atomic E-state index is -2.30. The van der Waals surface area contributed by atoms with Crippen molar-refractivity contribution >= 4 is 88.4 Å². The van der Waals surface area contributed by atoms with Crippen molar-refractivity contribution in [1.82, 2.24) is 57.2 Å². The van der Waals surface area contributed by atoms with E-state index in [0.717, 1.165) is 28.9 Å². The van der Waals surface area contributed by atoms with Gasteiger partial charge in [0.05, 0.1) is 36.2 Å². The largest absolute Gasteiger partial charge is 0.394 e. The Morgan fingerprint density at radius 2 is 1.04 bits per heavy atom. The average molecular weight is 1630 g/mol. The number of nitrogens with zero attached hydrogens (tertiary/aromatic N) is 3. The van der Waals surface area contributed by atoms with E-state index in [-0.39, 0.29) is 95.9 Å². The molecule has 12 amide bonds. The van der Waals surface area contributed by atoms with Crippen molar-refractivity contribution in [1.29, 1.82) is 0 Å². The highest BCUT2D eigenvalue weighted by molar-refractivity contribution is 8.00. The Morgan fingerprint density at radius 1 is 0.558 bits per heavy atom. The highest BCUT2D eigenvalue weighted by Gasteiger charge is 2.59. The molecule has 5 saturated heterocycles. The normalized spacial score (nSPS) is 30.3. The number of imide groups is 2. The first-order valence-corrected chi connectivity index (χ1v) is 39.1. The third-order valence-corrected chi connectivity index (χ3v) is 20.7. The molecule has 0 bridgehead atoms. The van der Waals surface area contributed by atoms with Crippen LogP contribution in [0.15, 0.2) is 12.2 Å². The third-order valence-electron chi connectivity index (χ3n) is 19.4. The number of likely N-dealkylation sites (N-methyl/N-ethyl adjacent to an activating group) is 1. The van der Waals surface area contributed by atoms with Gasteiger partial charge in [-0.3, -0.25) is 72.1 Å². The number of ketones is 1. The van der Waals surface area contributed by atoms with E-state index in [4.69, 9.17) is 37.9 Å². The van der Waals surface area contributed by atoms with Crippen LogP contribution < -0.4 is 42.5 Å². The van der Waals surface area contributed by atoms with Crippen LogP contribution in [0, 0.1) is 5.41 Å². The lowest BCUT2D eigenvalue weighted by Gasteiger charge is -2.51. The second-order valence-electron chi connectivity index (χ2n) is 30.7. The van der Waals surface area contributed by atoms with E-state index in [1.54, 1.807) is 48.6 Å². The second-order valence-corrected chi connectivity index (χ2v) is 32.0. The number of thioether (sulfide) groups is 1. The van der Waals surface area contributed by atoms with Gasteiger partial charge < -0.3 is 126 Å². The van der Waals surface area contributed by atoms with E-state index in [2.05, 4.69) is 42.5 Å². The molecule has 5 fully saturated rings. The summed E-state index contributed by atoms with van der Waals surface area (Å²) in [5.41, 5.74) is -1.96. The number of hydrogen-bond donors (Lipinski definition) is 16. The summed E-state index contributed by atoms with van der Waals surface area (Å²) in [6.45, 7) is 11.8. The number of carbonyl (C=O) groups excluding carboxylic acids is 13. The summed E-state index contributed by atoms with van der Waals surface area (Å²) >= 11 is 1.29. The van der Waals surface area contributed by atoms with E-state index in [1.165, 1.54) is 37.6 Å². The fourth-order valence-electron chi connectivity index (χ4n) is 13.5. The number of hydrogen-bond acceptors (Lipinski definition) is 31. The van der Waals surface area contributed by atoms with Gasteiger partial charge in [0.2, 0.25) is 47.3 Å².